The summed E-state index contributed by atoms with van der Waals surface area (Å²) in [5.41, 5.74) is 2.30. The molecule has 7 heteroatoms. The molecule has 0 aliphatic carbocycles. The molecule has 2 rings (SSSR count). The van der Waals surface area contributed by atoms with Crippen LogP contribution in [-0.4, -0.2) is 28.6 Å². The van der Waals surface area contributed by atoms with E-state index in [2.05, 4.69) is 10.3 Å². The van der Waals surface area contributed by atoms with Crippen LogP contribution >= 0.6 is 11.3 Å². The fraction of sp³-hybridized carbons (Fsp3) is 0.412. The number of aryl methyl sites for hydroxylation is 1. The van der Waals surface area contributed by atoms with Gasteiger partial charge in [-0.2, -0.15) is 0 Å². The monoisotopic (exact) mass is 350 g/mol. The van der Waals surface area contributed by atoms with Crippen molar-refractivity contribution in [1.29, 1.82) is 0 Å². The summed E-state index contributed by atoms with van der Waals surface area (Å²) in [6.45, 7) is 6.68. The van der Waals surface area contributed by atoms with Crippen molar-refractivity contribution < 1.29 is 19.4 Å². The number of amides is 1. The van der Waals surface area contributed by atoms with Gasteiger partial charge in [-0.25, -0.2) is 4.79 Å². The quantitative estimate of drug-likeness (QED) is 0.699. The SMILES string of the molecule is Cc1[nH]c(C(=O)OCC(=O)N[C@H](C)c2cccs2)c(C)c1[C@@H](C)O. The molecule has 24 heavy (non-hydrogen) atoms. The van der Waals surface area contributed by atoms with E-state index in [1.807, 2.05) is 24.4 Å². The summed E-state index contributed by atoms with van der Waals surface area (Å²) in [5.74, 6) is -0.970. The van der Waals surface area contributed by atoms with Gasteiger partial charge in [0.05, 0.1) is 12.1 Å². The minimum absolute atomic E-state index is 0.132. The maximum atomic E-state index is 12.2. The van der Waals surface area contributed by atoms with Crippen LogP contribution in [0.2, 0.25) is 0 Å². The first kappa shape index (κ1) is 18.2. The number of ether oxygens (including phenoxy) is 1. The molecule has 130 valence electrons. The number of esters is 1. The highest BCUT2D eigenvalue weighted by molar-refractivity contribution is 7.10. The summed E-state index contributed by atoms with van der Waals surface area (Å²) in [6.07, 6.45) is -0.683. The van der Waals surface area contributed by atoms with Crippen molar-refractivity contribution in [3.05, 3.63) is 44.9 Å². The van der Waals surface area contributed by atoms with Crippen LogP contribution in [0, 0.1) is 13.8 Å². The maximum absolute atomic E-state index is 12.2. The number of carbonyl (C=O) groups excluding carboxylic acids is 2. The standard InChI is InChI=1S/C17H22N2O4S/c1-9-15(12(4)20)11(3)19-16(9)17(22)23-8-14(21)18-10(2)13-6-5-7-24-13/h5-7,10,12,19-20H,8H2,1-4H3,(H,18,21)/t10-,12-/m1/s1. The minimum atomic E-state index is -0.683. The molecule has 0 bridgehead atoms. The summed E-state index contributed by atoms with van der Waals surface area (Å²) in [5, 5.41) is 14.5. The fourth-order valence-electron chi connectivity index (χ4n) is 2.69. The van der Waals surface area contributed by atoms with Gasteiger partial charge >= 0.3 is 5.97 Å². The average molecular weight is 350 g/mol. The van der Waals surface area contributed by atoms with Gasteiger partial charge in [0, 0.05) is 16.1 Å². The van der Waals surface area contributed by atoms with Crippen LogP contribution in [0.25, 0.3) is 0 Å². The lowest BCUT2D eigenvalue weighted by Crippen LogP contribution is -2.30. The summed E-state index contributed by atoms with van der Waals surface area (Å²) < 4.78 is 5.08. The van der Waals surface area contributed by atoms with Crippen molar-refractivity contribution in [2.75, 3.05) is 6.61 Å². The number of rotatable bonds is 6. The van der Waals surface area contributed by atoms with Crippen molar-refractivity contribution in [2.24, 2.45) is 0 Å². The zero-order valence-electron chi connectivity index (χ0n) is 14.2. The van der Waals surface area contributed by atoms with Crippen LogP contribution in [0.4, 0.5) is 0 Å². The number of carbonyl (C=O) groups is 2. The average Bonchev–Trinajstić information content (AvgIpc) is 3.12. The van der Waals surface area contributed by atoms with E-state index in [1.165, 1.54) is 0 Å². The van der Waals surface area contributed by atoms with Gasteiger partial charge in [-0.3, -0.25) is 4.79 Å². The summed E-state index contributed by atoms with van der Waals surface area (Å²) in [4.78, 5) is 28.0. The fourth-order valence-corrected chi connectivity index (χ4v) is 3.42. The largest absolute Gasteiger partial charge is 0.451 e. The summed E-state index contributed by atoms with van der Waals surface area (Å²) in [6, 6.07) is 3.72. The van der Waals surface area contributed by atoms with Crippen molar-refractivity contribution in [2.45, 2.75) is 39.8 Å². The normalized spacial score (nSPS) is 13.4. The predicted molar refractivity (Wildman–Crippen MR) is 92.1 cm³/mol. The molecule has 1 amide bonds. The molecule has 0 spiro atoms. The maximum Gasteiger partial charge on any atom is 0.355 e. The van der Waals surface area contributed by atoms with Gasteiger partial charge in [-0.15, -0.1) is 11.3 Å². The summed E-state index contributed by atoms with van der Waals surface area (Å²) >= 11 is 1.55. The van der Waals surface area contributed by atoms with Crippen molar-refractivity contribution in [1.82, 2.24) is 10.3 Å². The molecule has 0 fully saturated rings. The number of aliphatic hydroxyl groups excluding tert-OH is 1. The molecule has 0 radical (unpaired) electrons. The first-order chi connectivity index (χ1) is 11.3. The van der Waals surface area contributed by atoms with Gasteiger partial charge in [-0.1, -0.05) is 6.07 Å². The van der Waals surface area contributed by atoms with Crippen LogP contribution in [0.5, 0.6) is 0 Å². The third-order valence-electron chi connectivity index (χ3n) is 3.80. The Bertz CT molecular complexity index is 719. The molecule has 2 heterocycles. The zero-order valence-corrected chi connectivity index (χ0v) is 15.0. The number of aromatic nitrogens is 1. The second kappa shape index (κ2) is 7.63. The van der Waals surface area contributed by atoms with Crippen LogP contribution in [0.1, 0.15) is 58.2 Å². The van der Waals surface area contributed by atoms with E-state index in [4.69, 9.17) is 4.74 Å². The smallest absolute Gasteiger partial charge is 0.355 e. The topological polar surface area (TPSA) is 91.4 Å². The van der Waals surface area contributed by atoms with Gasteiger partial charge in [0.1, 0.15) is 5.69 Å². The summed E-state index contributed by atoms with van der Waals surface area (Å²) in [7, 11) is 0. The minimum Gasteiger partial charge on any atom is -0.451 e. The molecule has 2 aromatic heterocycles. The molecular weight excluding hydrogens is 328 g/mol. The Morgan fingerprint density at radius 2 is 2.08 bits per heavy atom. The number of H-pyrrole nitrogens is 1. The lowest BCUT2D eigenvalue weighted by atomic mass is 10.1. The van der Waals surface area contributed by atoms with E-state index in [9.17, 15) is 14.7 Å². The Morgan fingerprint density at radius 3 is 2.62 bits per heavy atom. The van der Waals surface area contributed by atoms with Gasteiger partial charge in [0.2, 0.25) is 0 Å². The van der Waals surface area contributed by atoms with E-state index in [-0.39, 0.29) is 24.2 Å². The lowest BCUT2D eigenvalue weighted by Gasteiger charge is -2.12. The highest BCUT2D eigenvalue weighted by atomic mass is 32.1. The van der Waals surface area contributed by atoms with Gasteiger partial charge in [0.15, 0.2) is 6.61 Å². The number of aliphatic hydroxyl groups is 1. The molecule has 0 saturated heterocycles. The highest BCUT2D eigenvalue weighted by Gasteiger charge is 2.21. The van der Waals surface area contributed by atoms with Gasteiger partial charge in [0.25, 0.3) is 5.91 Å². The molecule has 6 nitrogen and oxygen atoms in total. The second-order valence-corrected chi connectivity index (χ2v) is 6.70. The van der Waals surface area contributed by atoms with Crippen molar-refractivity contribution in [3.8, 4) is 0 Å². The third kappa shape index (κ3) is 4.04. The molecular formula is C17H22N2O4S. The lowest BCUT2D eigenvalue weighted by molar-refractivity contribution is -0.124. The molecule has 0 saturated carbocycles. The number of thiophene rings is 1. The number of hydrogen-bond acceptors (Lipinski definition) is 5. The number of hydrogen-bond donors (Lipinski definition) is 3. The second-order valence-electron chi connectivity index (χ2n) is 5.72. The van der Waals surface area contributed by atoms with E-state index < -0.39 is 12.1 Å². The first-order valence-corrected chi connectivity index (χ1v) is 8.56. The van der Waals surface area contributed by atoms with E-state index in [1.54, 1.807) is 32.1 Å². The Labute approximate surface area is 144 Å². The first-order valence-electron chi connectivity index (χ1n) is 7.68. The van der Waals surface area contributed by atoms with Crippen LogP contribution in [0.15, 0.2) is 17.5 Å². The van der Waals surface area contributed by atoms with Crippen molar-refractivity contribution >= 4 is 23.2 Å². The highest BCUT2D eigenvalue weighted by Crippen LogP contribution is 2.24. The molecule has 3 N–H and O–H groups in total. The van der Waals surface area contributed by atoms with Crippen LogP contribution in [-0.2, 0) is 9.53 Å². The Hall–Kier alpha value is -2.12. The van der Waals surface area contributed by atoms with E-state index in [0.717, 1.165) is 4.88 Å². The van der Waals surface area contributed by atoms with E-state index >= 15 is 0 Å². The van der Waals surface area contributed by atoms with E-state index in [0.29, 0.717) is 16.8 Å². The molecule has 2 atom stereocenters. The molecule has 0 aliphatic heterocycles. The number of nitrogens with one attached hydrogen (secondary N) is 2. The predicted octanol–water partition coefficient (Wildman–Crippen LogP) is 2.78. The van der Waals surface area contributed by atoms with Crippen molar-refractivity contribution in [3.63, 3.8) is 0 Å². The van der Waals surface area contributed by atoms with Crippen LogP contribution < -0.4 is 5.32 Å². The molecule has 0 aromatic carbocycles. The molecule has 0 unspecified atom stereocenters. The molecule has 2 aromatic rings. The Balaban J connectivity index is 1.93. The third-order valence-corrected chi connectivity index (χ3v) is 4.85. The zero-order chi connectivity index (χ0) is 17.9. The number of aromatic amines is 1. The Kier molecular flexibility index (Phi) is 5.80. The van der Waals surface area contributed by atoms with Crippen LogP contribution in [0.3, 0.4) is 0 Å². The van der Waals surface area contributed by atoms with Gasteiger partial charge < -0.3 is 20.1 Å². The Morgan fingerprint density at radius 1 is 1.38 bits per heavy atom. The van der Waals surface area contributed by atoms with Gasteiger partial charge in [-0.05, 0) is 44.7 Å². The molecule has 0 aliphatic rings.